The van der Waals surface area contributed by atoms with Crippen molar-refractivity contribution < 1.29 is 4.79 Å². The van der Waals surface area contributed by atoms with Crippen molar-refractivity contribution in [2.45, 2.75) is 45.2 Å². The SMILES string of the molecule is CC(=O)N1CCCC[C@H]1C1=CCCN(Cc2ccc3ccccc3n2)C1. The van der Waals surface area contributed by atoms with Crippen molar-refractivity contribution in [1.82, 2.24) is 14.8 Å². The van der Waals surface area contributed by atoms with E-state index in [0.29, 0.717) is 6.04 Å². The Morgan fingerprint density at radius 2 is 2.04 bits per heavy atom. The van der Waals surface area contributed by atoms with Crippen molar-refractivity contribution in [1.29, 1.82) is 0 Å². The van der Waals surface area contributed by atoms with Gasteiger partial charge in [0.2, 0.25) is 5.91 Å². The van der Waals surface area contributed by atoms with Crippen LogP contribution in [0.25, 0.3) is 10.9 Å². The second-order valence-electron chi connectivity index (χ2n) is 7.50. The van der Waals surface area contributed by atoms with E-state index in [1.165, 1.54) is 17.4 Å². The lowest BCUT2D eigenvalue weighted by Gasteiger charge is -2.39. The molecule has 0 unspecified atom stereocenters. The molecule has 4 heteroatoms. The number of hydrogen-bond acceptors (Lipinski definition) is 3. The van der Waals surface area contributed by atoms with Crippen LogP contribution in [0.4, 0.5) is 0 Å². The van der Waals surface area contributed by atoms with E-state index in [1.807, 2.05) is 6.07 Å². The molecular weight excluding hydrogens is 322 g/mol. The van der Waals surface area contributed by atoms with Crippen LogP contribution in [0.5, 0.6) is 0 Å². The molecule has 2 aliphatic heterocycles. The maximum Gasteiger partial charge on any atom is 0.219 e. The predicted octanol–water partition coefficient (Wildman–Crippen LogP) is 3.77. The molecule has 0 aliphatic carbocycles. The lowest BCUT2D eigenvalue weighted by molar-refractivity contribution is -0.131. The maximum absolute atomic E-state index is 12.0. The summed E-state index contributed by atoms with van der Waals surface area (Å²) in [7, 11) is 0. The Bertz CT molecular complexity index is 829. The fourth-order valence-electron chi connectivity index (χ4n) is 4.33. The van der Waals surface area contributed by atoms with Gasteiger partial charge in [0.25, 0.3) is 0 Å². The molecule has 1 aromatic carbocycles. The number of rotatable bonds is 3. The van der Waals surface area contributed by atoms with Gasteiger partial charge in [-0.3, -0.25) is 14.7 Å². The molecule has 0 bridgehead atoms. The highest BCUT2D eigenvalue weighted by molar-refractivity contribution is 5.78. The minimum absolute atomic E-state index is 0.212. The molecule has 3 heterocycles. The molecule has 1 saturated heterocycles. The van der Waals surface area contributed by atoms with Crippen molar-refractivity contribution in [3.63, 3.8) is 0 Å². The summed E-state index contributed by atoms with van der Waals surface area (Å²) in [6, 6.07) is 12.9. The molecule has 4 rings (SSSR count). The third kappa shape index (κ3) is 3.65. The van der Waals surface area contributed by atoms with Gasteiger partial charge in [-0.15, -0.1) is 0 Å². The maximum atomic E-state index is 12.0. The van der Waals surface area contributed by atoms with E-state index >= 15 is 0 Å². The number of aromatic nitrogens is 1. The predicted molar refractivity (Wildman–Crippen MR) is 105 cm³/mol. The van der Waals surface area contributed by atoms with Crippen LogP contribution in [-0.4, -0.2) is 46.4 Å². The summed E-state index contributed by atoms with van der Waals surface area (Å²) in [5, 5.41) is 1.19. The number of likely N-dealkylation sites (tertiary alicyclic amines) is 1. The van der Waals surface area contributed by atoms with Crippen LogP contribution in [-0.2, 0) is 11.3 Å². The summed E-state index contributed by atoms with van der Waals surface area (Å²) in [5.41, 5.74) is 3.61. The van der Waals surface area contributed by atoms with Crippen LogP contribution in [0.15, 0.2) is 48.0 Å². The number of para-hydroxylation sites is 1. The number of fused-ring (bicyclic) bond motifs is 1. The molecule has 136 valence electrons. The Labute approximate surface area is 155 Å². The van der Waals surface area contributed by atoms with E-state index in [1.54, 1.807) is 6.92 Å². The molecule has 2 aliphatic rings. The van der Waals surface area contributed by atoms with Crippen LogP contribution in [0.1, 0.15) is 38.3 Å². The normalized spacial score (nSPS) is 21.7. The molecule has 0 saturated carbocycles. The summed E-state index contributed by atoms with van der Waals surface area (Å²) in [5.74, 6) is 0.212. The second-order valence-corrected chi connectivity index (χ2v) is 7.50. The van der Waals surface area contributed by atoms with E-state index in [4.69, 9.17) is 4.98 Å². The fourth-order valence-corrected chi connectivity index (χ4v) is 4.33. The molecule has 1 fully saturated rings. The minimum atomic E-state index is 0.212. The molecule has 26 heavy (non-hydrogen) atoms. The van der Waals surface area contributed by atoms with E-state index in [2.05, 4.69) is 46.2 Å². The first-order valence-corrected chi connectivity index (χ1v) is 9.74. The van der Waals surface area contributed by atoms with Gasteiger partial charge in [-0.25, -0.2) is 0 Å². The quantitative estimate of drug-likeness (QED) is 0.792. The topological polar surface area (TPSA) is 36.4 Å². The average Bonchev–Trinajstić information content (AvgIpc) is 2.68. The van der Waals surface area contributed by atoms with E-state index in [0.717, 1.165) is 56.7 Å². The number of carbonyl (C=O) groups is 1. The number of pyridine rings is 1. The highest BCUT2D eigenvalue weighted by Gasteiger charge is 2.29. The van der Waals surface area contributed by atoms with Gasteiger partial charge in [-0.1, -0.05) is 30.3 Å². The van der Waals surface area contributed by atoms with Gasteiger partial charge in [-0.2, -0.15) is 0 Å². The number of amides is 1. The lowest BCUT2D eigenvalue weighted by atomic mass is 9.92. The van der Waals surface area contributed by atoms with Crippen LogP contribution in [0.2, 0.25) is 0 Å². The van der Waals surface area contributed by atoms with Crippen LogP contribution in [0, 0.1) is 0 Å². The monoisotopic (exact) mass is 349 g/mol. The van der Waals surface area contributed by atoms with Crippen LogP contribution < -0.4 is 0 Å². The third-order valence-corrected chi connectivity index (χ3v) is 5.64. The van der Waals surface area contributed by atoms with Crippen molar-refractivity contribution in [2.75, 3.05) is 19.6 Å². The molecule has 4 nitrogen and oxygen atoms in total. The van der Waals surface area contributed by atoms with E-state index in [9.17, 15) is 4.79 Å². The molecule has 0 N–H and O–H groups in total. The van der Waals surface area contributed by atoms with Gasteiger partial charge < -0.3 is 4.90 Å². The van der Waals surface area contributed by atoms with Gasteiger partial charge in [0.1, 0.15) is 0 Å². The molecule has 2 aromatic rings. The van der Waals surface area contributed by atoms with Gasteiger partial charge in [0.05, 0.1) is 17.3 Å². The molecule has 1 aromatic heterocycles. The summed E-state index contributed by atoms with van der Waals surface area (Å²) in [6.45, 7) is 5.49. The van der Waals surface area contributed by atoms with Crippen LogP contribution >= 0.6 is 0 Å². The Balaban J connectivity index is 1.47. The Morgan fingerprint density at radius 1 is 1.15 bits per heavy atom. The zero-order valence-corrected chi connectivity index (χ0v) is 15.5. The smallest absolute Gasteiger partial charge is 0.219 e. The number of nitrogens with zero attached hydrogens (tertiary/aromatic N) is 3. The van der Waals surface area contributed by atoms with Gasteiger partial charge in [0, 0.05) is 38.5 Å². The zero-order valence-electron chi connectivity index (χ0n) is 15.5. The number of hydrogen-bond donors (Lipinski definition) is 0. The Hall–Kier alpha value is -2.20. The van der Waals surface area contributed by atoms with Crippen molar-refractivity contribution >= 4 is 16.8 Å². The number of benzene rings is 1. The molecule has 1 amide bonds. The van der Waals surface area contributed by atoms with Crippen molar-refractivity contribution in [2.24, 2.45) is 0 Å². The molecular formula is C22H27N3O. The van der Waals surface area contributed by atoms with Crippen molar-refractivity contribution in [3.05, 3.63) is 53.7 Å². The van der Waals surface area contributed by atoms with Gasteiger partial charge in [-0.05, 0) is 43.4 Å². The van der Waals surface area contributed by atoms with Crippen molar-refractivity contribution in [3.8, 4) is 0 Å². The summed E-state index contributed by atoms with van der Waals surface area (Å²) in [4.78, 5) is 21.4. The first kappa shape index (κ1) is 17.2. The number of piperidine rings is 1. The standard InChI is InChI=1S/C22H27N3O/c1-17(26)25-14-5-4-10-22(25)19-8-6-13-24(15-19)16-20-12-11-18-7-2-3-9-21(18)23-20/h2-3,7-9,11-12,22H,4-6,10,13-16H2,1H3/t22-/m0/s1. The molecule has 0 radical (unpaired) electrons. The van der Waals surface area contributed by atoms with Gasteiger partial charge >= 0.3 is 0 Å². The van der Waals surface area contributed by atoms with Crippen LogP contribution in [0.3, 0.4) is 0 Å². The van der Waals surface area contributed by atoms with E-state index in [-0.39, 0.29) is 5.91 Å². The molecule has 0 spiro atoms. The largest absolute Gasteiger partial charge is 0.336 e. The summed E-state index contributed by atoms with van der Waals surface area (Å²) < 4.78 is 0. The second kappa shape index (κ2) is 7.58. The fraction of sp³-hybridized carbons (Fsp3) is 0.455. The number of carbonyl (C=O) groups excluding carboxylic acids is 1. The average molecular weight is 349 g/mol. The first-order valence-electron chi connectivity index (χ1n) is 9.74. The summed E-state index contributed by atoms with van der Waals surface area (Å²) >= 11 is 0. The van der Waals surface area contributed by atoms with Gasteiger partial charge in [0.15, 0.2) is 0 Å². The molecule has 1 atom stereocenters. The first-order chi connectivity index (χ1) is 12.7. The Morgan fingerprint density at radius 3 is 2.92 bits per heavy atom. The minimum Gasteiger partial charge on any atom is -0.336 e. The Kier molecular flexibility index (Phi) is 5.02. The summed E-state index contributed by atoms with van der Waals surface area (Å²) in [6.07, 6.45) is 6.89. The highest BCUT2D eigenvalue weighted by Crippen LogP contribution is 2.27. The highest BCUT2D eigenvalue weighted by atomic mass is 16.2. The lowest BCUT2D eigenvalue weighted by Crippen LogP contribution is -2.46. The third-order valence-electron chi connectivity index (χ3n) is 5.64. The van der Waals surface area contributed by atoms with E-state index < -0.39 is 0 Å². The zero-order chi connectivity index (χ0) is 17.9.